The standard InChI is InChI=1S/C14H21N3O/c1-17(9-6-13-4-2-3-7-16-13)14(18)10-12-5-8-15-11-12/h2-4,7,12,15H,5-6,8-11H2,1H3. The molecule has 1 saturated heterocycles. The lowest BCUT2D eigenvalue weighted by atomic mass is 10.0. The monoisotopic (exact) mass is 247 g/mol. The van der Waals surface area contributed by atoms with Gasteiger partial charge in [0.25, 0.3) is 0 Å². The van der Waals surface area contributed by atoms with Crippen molar-refractivity contribution < 1.29 is 4.79 Å². The molecule has 1 fully saturated rings. The molecular formula is C14H21N3O. The minimum atomic E-state index is 0.250. The molecule has 1 aromatic rings. The summed E-state index contributed by atoms with van der Waals surface area (Å²) in [7, 11) is 1.88. The van der Waals surface area contributed by atoms with Crippen LogP contribution in [0.3, 0.4) is 0 Å². The molecule has 2 heterocycles. The number of pyridine rings is 1. The highest BCUT2D eigenvalue weighted by atomic mass is 16.2. The fourth-order valence-corrected chi connectivity index (χ4v) is 2.24. The Balaban J connectivity index is 1.73. The van der Waals surface area contributed by atoms with Crippen LogP contribution in [0.2, 0.25) is 0 Å². The zero-order valence-electron chi connectivity index (χ0n) is 10.9. The SMILES string of the molecule is CN(CCc1ccccn1)C(=O)CC1CCNC1. The Morgan fingerprint density at radius 3 is 3.11 bits per heavy atom. The summed E-state index contributed by atoms with van der Waals surface area (Å²) in [5, 5.41) is 3.29. The summed E-state index contributed by atoms with van der Waals surface area (Å²) in [6.45, 7) is 2.78. The maximum atomic E-state index is 12.0. The topological polar surface area (TPSA) is 45.2 Å². The Kier molecular flexibility index (Phi) is 4.70. The van der Waals surface area contributed by atoms with Gasteiger partial charge in [0.1, 0.15) is 0 Å². The number of aromatic nitrogens is 1. The summed E-state index contributed by atoms with van der Waals surface area (Å²) in [6, 6.07) is 5.89. The fraction of sp³-hybridized carbons (Fsp3) is 0.571. The van der Waals surface area contributed by atoms with Gasteiger partial charge in [-0.3, -0.25) is 9.78 Å². The van der Waals surface area contributed by atoms with Gasteiger partial charge in [0.05, 0.1) is 0 Å². The number of nitrogens with one attached hydrogen (secondary N) is 1. The second-order valence-electron chi connectivity index (χ2n) is 4.95. The maximum Gasteiger partial charge on any atom is 0.222 e. The lowest BCUT2D eigenvalue weighted by Crippen LogP contribution is -2.30. The molecule has 4 heteroatoms. The average molecular weight is 247 g/mol. The van der Waals surface area contributed by atoms with Crippen LogP contribution in [0.15, 0.2) is 24.4 Å². The van der Waals surface area contributed by atoms with E-state index in [1.807, 2.05) is 30.1 Å². The van der Waals surface area contributed by atoms with Crippen molar-refractivity contribution in [1.29, 1.82) is 0 Å². The van der Waals surface area contributed by atoms with E-state index in [-0.39, 0.29) is 5.91 Å². The molecule has 0 aromatic carbocycles. The van der Waals surface area contributed by atoms with Crippen LogP contribution in [0.25, 0.3) is 0 Å². The second-order valence-corrected chi connectivity index (χ2v) is 4.95. The molecule has 1 N–H and O–H groups in total. The number of nitrogens with zero attached hydrogens (tertiary/aromatic N) is 2. The van der Waals surface area contributed by atoms with Crippen LogP contribution in [-0.2, 0) is 11.2 Å². The Bertz CT molecular complexity index is 374. The molecule has 1 aliphatic rings. The molecule has 0 aliphatic carbocycles. The van der Waals surface area contributed by atoms with E-state index in [9.17, 15) is 4.79 Å². The van der Waals surface area contributed by atoms with E-state index >= 15 is 0 Å². The first-order chi connectivity index (χ1) is 8.75. The molecule has 0 spiro atoms. The second kappa shape index (κ2) is 6.50. The van der Waals surface area contributed by atoms with Crippen LogP contribution < -0.4 is 5.32 Å². The first-order valence-electron chi connectivity index (χ1n) is 6.60. The minimum Gasteiger partial charge on any atom is -0.345 e. The molecule has 0 bridgehead atoms. The Morgan fingerprint density at radius 1 is 1.56 bits per heavy atom. The van der Waals surface area contributed by atoms with E-state index in [0.29, 0.717) is 12.3 Å². The normalized spacial score (nSPS) is 18.8. The summed E-state index contributed by atoms with van der Waals surface area (Å²) in [4.78, 5) is 18.1. The van der Waals surface area contributed by atoms with Crippen LogP contribution in [-0.4, -0.2) is 42.5 Å². The van der Waals surface area contributed by atoms with Crippen molar-refractivity contribution in [3.8, 4) is 0 Å². The fourth-order valence-electron chi connectivity index (χ4n) is 2.24. The van der Waals surface area contributed by atoms with Gasteiger partial charge >= 0.3 is 0 Å². The summed E-state index contributed by atoms with van der Waals surface area (Å²) in [6.07, 6.45) is 4.42. The van der Waals surface area contributed by atoms with Crippen LogP contribution in [0.5, 0.6) is 0 Å². The molecule has 18 heavy (non-hydrogen) atoms. The molecule has 4 nitrogen and oxygen atoms in total. The summed E-state index contributed by atoms with van der Waals surface area (Å²) >= 11 is 0. The highest BCUT2D eigenvalue weighted by Crippen LogP contribution is 2.13. The zero-order chi connectivity index (χ0) is 12.8. The molecule has 1 aliphatic heterocycles. The molecule has 1 aromatic heterocycles. The number of hydrogen-bond acceptors (Lipinski definition) is 3. The smallest absolute Gasteiger partial charge is 0.222 e. The summed E-state index contributed by atoms with van der Waals surface area (Å²) < 4.78 is 0. The van der Waals surface area contributed by atoms with Gasteiger partial charge in [0, 0.05) is 38.3 Å². The predicted molar refractivity (Wildman–Crippen MR) is 71.2 cm³/mol. The summed E-state index contributed by atoms with van der Waals surface area (Å²) in [5.74, 6) is 0.773. The van der Waals surface area contributed by atoms with E-state index in [1.54, 1.807) is 6.20 Å². The maximum absolute atomic E-state index is 12.0. The quantitative estimate of drug-likeness (QED) is 0.847. The number of carbonyl (C=O) groups excluding carboxylic acids is 1. The highest BCUT2D eigenvalue weighted by Gasteiger charge is 2.19. The van der Waals surface area contributed by atoms with Crippen molar-refractivity contribution in [2.24, 2.45) is 5.92 Å². The minimum absolute atomic E-state index is 0.250. The van der Waals surface area contributed by atoms with Gasteiger partial charge in [-0.25, -0.2) is 0 Å². The number of likely N-dealkylation sites (N-methyl/N-ethyl adjacent to an activating group) is 1. The van der Waals surface area contributed by atoms with Crippen molar-refractivity contribution in [2.75, 3.05) is 26.7 Å². The molecule has 1 atom stereocenters. The Hall–Kier alpha value is -1.42. The van der Waals surface area contributed by atoms with Gasteiger partial charge in [-0.2, -0.15) is 0 Å². The van der Waals surface area contributed by atoms with Crippen molar-refractivity contribution >= 4 is 5.91 Å². The van der Waals surface area contributed by atoms with E-state index in [2.05, 4.69) is 10.3 Å². The lowest BCUT2D eigenvalue weighted by Gasteiger charge is -2.18. The van der Waals surface area contributed by atoms with E-state index in [0.717, 1.165) is 38.2 Å². The lowest BCUT2D eigenvalue weighted by molar-refractivity contribution is -0.130. The third kappa shape index (κ3) is 3.81. The van der Waals surface area contributed by atoms with Gasteiger partial charge in [-0.05, 0) is 37.6 Å². The van der Waals surface area contributed by atoms with Gasteiger partial charge in [0.15, 0.2) is 0 Å². The Labute approximate surface area is 108 Å². The number of carbonyl (C=O) groups is 1. The highest BCUT2D eigenvalue weighted by molar-refractivity contribution is 5.76. The van der Waals surface area contributed by atoms with Gasteiger partial charge in [0.2, 0.25) is 5.91 Å². The molecular weight excluding hydrogens is 226 g/mol. The third-order valence-corrected chi connectivity index (χ3v) is 3.48. The largest absolute Gasteiger partial charge is 0.345 e. The summed E-state index contributed by atoms with van der Waals surface area (Å²) in [5.41, 5.74) is 1.04. The molecule has 98 valence electrons. The number of amides is 1. The van der Waals surface area contributed by atoms with Crippen LogP contribution in [0.4, 0.5) is 0 Å². The zero-order valence-corrected chi connectivity index (χ0v) is 10.9. The number of rotatable bonds is 5. The van der Waals surface area contributed by atoms with Gasteiger partial charge < -0.3 is 10.2 Å². The van der Waals surface area contributed by atoms with Crippen molar-refractivity contribution in [3.63, 3.8) is 0 Å². The molecule has 2 rings (SSSR count). The van der Waals surface area contributed by atoms with Crippen LogP contribution in [0.1, 0.15) is 18.5 Å². The number of hydrogen-bond donors (Lipinski definition) is 1. The molecule has 0 radical (unpaired) electrons. The van der Waals surface area contributed by atoms with Crippen LogP contribution >= 0.6 is 0 Å². The van der Waals surface area contributed by atoms with Gasteiger partial charge in [-0.1, -0.05) is 6.07 Å². The van der Waals surface area contributed by atoms with Crippen molar-refractivity contribution in [1.82, 2.24) is 15.2 Å². The molecule has 1 unspecified atom stereocenters. The first-order valence-corrected chi connectivity index (χ1v) is 6.60. The average Bonchev–Trinajstić information content (AvgIpc) is 2.90. The molecule has 1 amide bonds. The molecule has 0 saturated carbocycles. The third-order valence-electron chi connectivity index (χ3n) is 3.48. The van der Waals surface area contributed by atoms with Crippen molar-refractivity contribution in [2.45, 2.75) is 19.3 Å². The van der Waals surface area contributed by atoms with Crippen molar-refractivity contribution in [3.05, 3.63) is 30.1 Å². The Morgan fingerprint density at radius 2 is 2.44 bits per heavy atom. The van der Waals surface area contributed by atoms with Crippen LogP contribution in [0, 0.1) is 5.92 Å². The first kappa shape index (κ1) is 13.0. The van der Waals surface area contributed by atoms with E-state index < -0.39 is 0 Å². The predicted octanol–water partition coefficient (Wildman–Crippen LogP) is 1.08. The van der Waals surface area contributed by atoms with E-state index in [4.69, 9.17) is 0 Å². The van der Waals surface area contributed by atoms with E-state index in [1.165, 1.54) is 0 Å². The van der Waals surface area contributed by atoms with Gasteiger partial charge in [-0.15, -0.1) is 0 Å².